The molecule has 3 rings (SSSR count). The summed E-state index contributed by atoms with van der Waals surface area (Å²) in [6, 6.07) is 11.2. The number of oxazole rings is 1. The molecule has 20 heavy (non-hydrogen) atoms. The molecule has 1 aromatic heterocycles. The second-order valence-electron chi connectivity index (χ2n) is 4.33. The zero-order chi connectivity index (χ0) is 14.1. The number of rotatable bonds is 3. The monoisotopic (exact) mass is 352 g/mol. The van der Waals surface area contributed by atoms with Crippen LogP contribution in [0.4, 0.5) is 5.69 Å². The average Bonchev–Trinajstić information content (AvgIpc) is 2.79. The van der Waals surface area contributed by atoms with E-state index in [2.05, 4.69) is 26.2 Å². The van der Waals surface area contributed by atoms with E-state index in [4.69, 9.17) is 16.0 Å². The molecule has 0 radical (unpaired) electrons. The van der Waals surface area contributed by atoms with Gasteiger partial charge in [0.1, 0.15) is 0 Å². The second kappa shape index (κ2) is 5.34. The molecule has 3 aromatic rings. The van der Waals surface area contributed by atoms with E-state index in [0.717, 1.165) is 15.7 Å². The molecule has 0 unspecified atom stereocenters. The second-order valence-corrected chi connectivity index (χ2v) is 5.59. The topological polar surface area (TPSA) is 58.0 Å². The SMILES string of the molecule is O=c1[nH]c2cc(NCc3ccc(Br)c(Cl)c3)ccc2o1. The molecule has 4 nitrogen and oxygen atoms in total. The van der Waals surface area contributed by atoms with E-state index < -0.39 is 5.76 Å². The Hall–Kier alpha value is -1.72. The Bertz CT molecular complexity index is 825. The Morgan fingerprint density at radius 1 is 1.25 bits per heavy atom. The number of aromatic nitrogens is 1. The third kappa shape index (κ3) is 2.73. The van der Waals surface area contributed by atoms with E-state index in [1.54, 1.807) is 6.07 Å². The molecule has 0 aliphatic carbocycles. The summed E-state index contributed by atoms with van der Waals surface area (Å²) in [7, 11) is 0. The first kappa shape index (κ1) is 13.3. The van der Waals surface area contributed by atoms with Crippen LogP contribution in [-0.4, -0.2) is 4.98 Å². The number of hydrogen-bond donors (Lipinski definition) is 2. The molecule has 2 N–H and O–H groups in total. The quantitative estimate of drug-likeness (QED) is 0.743. The molecule has 0 aliphatic rings. The van der Waals surface area contributed by atoms with Gasteiger partial charge in [0.15, 0.2) is 5.58 Å². The van der Waals surface area contributed by atoms with Crippen molar-refractivity contribution in [2.75, 3.05) is 5.32 Å². The van der Waals surface area contributed by atoms with E-state index in [0.29, 0.717) is 22.7 Å². The van der Waals surface area contributed by atoms with Gasteiger partial charge in [0.25, 0.3) is 0 Å². The number of anilines is 1. The highest BCUT2D eigenvalue weighted by Crippen LogP contribution is 2.24. The Kier molecular flexibility index (Phi) is 3.54. The van der Waals surface area contributed by atoms with Gasteiger partial charge in [0.2, 0.25) is 0 Å². The number of H-pyrrole nitrogens is 1. The minimum absolute atomic E-state index is 0.447. The third-order valence-corrected chi connectivity index (χ3v) is 4.13. The van der Waals surface area contributed by atoms with Gasteiger partial charge in [-0.05, 0) is 51.8 Å². The molecule has 0 spiro atoms. The number of halogens is 2. The van der Waals surface area contributed by atoms with E-state index in [-0.39, 0.29) is 0 Å². The van der Waals surface area contributed by atoms with Crippen LogP contribution in [0.2, 0.25) is 5.02 Å². The number of benzene rings is 2. The van der Waals surface area contributed by atoms with Crippen LogP contribution >= 0.6 is 27.5 Å². The van der Waals surface area contributed by atoms with Crippen molar-refractivity contribution in [1.82, 2.24) is 4.98 Å². The van der Waals surface area contributed by atoms with Crippen LogP contribution in [0.15, 0.2) is 50.1 Å². The van der Waals surface area contributed by atoms with E-state index in [1.165, 1.54) is 0 Å². The van der Waals surface area contributed by atoms with Crippen molar-refractivity contribution in [1.29, 1.82) is 0 Å². The van der Waals surface area contributed by atoms with Gasteiger partial charge in [-0.3, -0.25) is 4.98 Å². The van der Waals surface area contributed by atoms with E-state index >= 15 is 0 Å². The number of nitrogens with one attached hydrogen (secondary N) is 2. The molecule has 0 aliphatic heterocycles. The van der Waals surface area contributed by atoms with Crippen LogP contribution in [0.25, 0.3) is 11.1 Å². The first-order valence-corrected chi connectivity index (χ1v) is 7.09. The summed E-state index contributed by atoms with van der Waals surface area (Å²) in [6.45, 7) is 0.639. The lowest BCUT2D eigenvalue weighted by atomic mass is 10.2. The smallest absolute Gasteiger partial charge is 0.408 e. The number of fused-ring (bicyclic) bond motifs is 1. The number of hydrogen-bond acceptors (Lipinski definition) is 3. The van der Waals surface area contributed by atoms with Crippen LogP contribution < -0.4 is 11.1 Å². The van der Waals surface area contributed by atoms with Crippen LogP contribution in [0.5, 0.6) is 0 Å². The van der Waals surface area contributed by atoms with Gasteiger partial charge < -0.3 is 9.73 Å². The molecule has 0 bridgehead atoms. The normalized spacial score (nSPS) is 10.9. The van der Waals surface area contributed by atoms with Gasteiger partial charge in [0.05, 0.1) is 10.5 Å². The van der Waals surface area contributed by atoms with Crippen molar-refractivity contribution in [3.8, 4) is 0 Å². The van der Waals surface area contributed by atoms with Gasteiger partial charge >= 0.3 is 5.76 Å². The predicted octanol–water partition coefficient (Wildman–Crippen LogP) is 4.15. The predicted molar refractivity (Wildman–Crippen MR) is 83.3 cm³/mol. The summed E-state index contributed by atoms with van der Waals surface area (Å²) in [4.78, 5) is 13.7. The van der Waals surface area contributed by atoms with Crippen molar-refractivity contribution < 1.29 is 4.42 Å². The summed E-state index contributed by atoms with van der Waals surface area (Å²) in [5, 5.41) is 3.95. The van der Waals surface area contributed by atoms with Gasteiger partial charge in [-0.1, -0.05) is 17.7 Å². The highest BCUT2D eigenvalue weighted by atomic mass is 79.9. The molecular weight excluding hydrogens is 344 g/mol. The summed E-state index contributed by atoms with van der Waals surface area (Å²) >= 11 is 9.41. The maximum atomic E-state index is 11.1. The lowest BCUT2D eigenvalue weighted by molar-refractivity contribution is 0.555. The summed E-state index contributed by atoms with van der Waals surface area (Å²) < 4.78 is 5.83. The first-order chi connectivity index (χ1) is 9.61. The molecule has 0 atom stereocenters. The first-order valence-electron chi connectivity index (χ1n) is 5.92. The maximum absolute atomic E-state index is 11.1. The molecule has 6 heteroatoms. The fourth-order valence-electron chi connectivity index (χ4n) is 1.92. The average molecular weight is 354 g/mol. The molecule has 1 heterocycles. The van der Waals surface area contributed by atoms with E-state index in [1.807, 2.05) is 30.3 Å². The molecule has 102 valence electrons. The van der Waals surface area contributed by atoms with Crippen molar-refractivity contribution in [3.63, 3.8) is 0 Å². The van der Waals surface area contributed by atoms with Crippen molar-refractivity contribution in [3.05, 3.63) is 62.0 Å². The molecule has 0 fully saturated rings. The lowest BCUT2D eigenvalue weighted by Gasteiger charge is -2.07. The maximum Gasteiger partial charge on any atom is 0.417 e. The van der Waals surface area contributed by atoms with Crippen LogP contribution in [0, 0.1) is 0 Å². The van der Waals surface area contributed by atoms with E-state index in [9.17, 15) is 4.79 Å². The van der Waals surface area contributed by atoms with Crippen LogP contribution in [0.3, 0.4) is 0 Å². The summed E-state index contributed by atoms with van der Waals surface area (Å²) in [5.41, 5.74) is 3.19. The third-order valence-electron chi connectivity index (χ3n) is 2.90. The van der Waals surface area contributed by atoms with Crippen molar-refractivity contribution in [2.45, 2.75) is 6.54 Å². The summed E-state index contributed by atoms with van der Waals surface area (Å²) in [5.74, 6) is -0.447. The molecule has 0 saturated heterocycles. The molecule has 0 amide bonds. The minimum Gasteiger partial charge on any atom is -0.408 e. The Morgan fingerprint density at radius 2 is 2.10 bits per heavy atom. The van der Waals surface area contributed by atoms with Gasteiger partial charge in [0, 0.05) is 16.7 Å². The van der Waals surface area contributed by atoms with Crippen molar-refractivity contribution in [2.24, 2.45) is 0 Å². The van der Waals surface area contributed by atoms with Crippen LogP contribution in [-0.2, 0) is 6.54 Å². The lowest BCUT2D eigenvalue weighted by Crippen LogP contribution is -1.99. The molecule has 2 aromatic carbocycles. The zero-order valence-electron chi connectivity index (χ0n) is 10.2. The summed E-state index contributed by atoms with van der Waals surface area (Å²) in [6.07, 6.45) is 0. The standard InChI is InChI=1S/C14H10BrClN2O2/c15-10-3-1-8(5-11(10)16)7-17-9-2-4-13-12(6-9)18-14(19)20-13/h1-6,17H,7H2,(H,18,19). The zero-order valence-corrected chi connectivity index (χ0v) is 12.6. The van der Waals surface area contributed by atoms with Gasteiger partial charge in [-0.2, -0.15) is 0 Å². The van der Waals surface area contributed by atoms with Gasteiger partial charge in [-0.25, -0.2) is 4.79 Å². The number of aromatic amines is 1. The molecule has 0 saturated carbocycles. The minimum atomic E-state index is -0.447. The van der Waals surface area contributed by atoms with Gasteiger partial charge in [-0.15, -0.1) is 0 Å². The Morgan fingerprint density at radius 3 is 2.90 bits per heavy atom. The fraction of sp³-hybridized carbons (Fsp3) is 0.0714. The highest BCUT2D eigenvalue weighted by molar-refractivity contribution is 9.10. The van der Waals surface area contributed by atoms with Crippen molar-refractivity contribution >= 4 is 44.3 Å². The fourth-order valence-corrected chi connectivity index (χ4v) is 2.37. The Labute approximate surface area is 127 Å². The highest BCUT2D eigenvalue weighted by Gasteiger charge is 2.03. The Balaban J connectivity index is 1.78. The van der Waals surface area contributed by atoms with Crippen LogP contribution in [0.1, 0.15) is 5.56 Å². The largest absolute Gasteiger partial charge is 0.417 e. The molecular formula is C14H10BrClN2O2.